The van der Waals surface area contributed by atoms with E-state index in [4.69, 9.17) is 20.8 Å². The van der Waals surface area contributed by atoms with Crippen molar-refractivity contribution in [2.75, 3.05) is 7.11 Å². The smallest absolute Gasteiger partial charge is 0.344 e. The highest BCUT2D eigenvalue weighted by Crippen LogP contribution is 2.37. The lowest BCUT2D eigenvalue weighted by atomic mass is 9.93. The third-order valence-electron chi connectivity index (χ3n) is 4.31. The minimum Gasteiger partial charge on any atom is -0.497 e. The molecule has 4 aromatic rings. The van der Waals surface area contributed by atoms with E-state index in [0.29, 0.717) is 21.9 Å². The number of benzene rings is 3. The molecule has 0 saturated carbocycles. The lowest BCUT2D eigenvalue weighted by Gasteiger charge is -2.13. The fourth-order valence-electron chi connectivity index (χ4n) is 3.09. The first kappa shape index (κ1) is 16.4. The number of rotatable bonds is 3. The van der Waals surface area contributed by atoms with E-state index in [-0.39, 0.29) is 0 Å². The zero-order chi connectivity index (χ0) is 18.1. The average molecular weight is 363 g/mol. The van der Waals surface area contributed by atoms with Crippen LogP contribution in [0.4, 0.5) is 0 Å². The van der Waals surface area contributed by atoms with Crippen LogP contribution < -0.4 is 10.4 Å². The molecule has 0 bridgehead atoms. The van der Waals surface area contributed by atoms with Crippen LogP contribution in [0.1, 0.15) is 0 Å². The molecule has 0 amide bonds. The summed E-state index contributed by atoms with van der Waals surface area (Å²) in [5, 5.41) is 1.46. The monoisotopic (exact) mass is 362 g/mol. The molecule has 1 aromatic heterocycles. The summed E-state index contributed by atoms with van der Waals surface area (Å²) in [6.07, 6.45) is 0. The summed E-state index contributed by atoms with van der Waals surface area (Å²) in [4.78, 5) is 12.9. The average Bonchev–Trinajstić information content (AvgIpc) is 2.68. The molecule has 0 saturated heterocycles. The molecule has 128 valence electrons. The van der Waals surface area contributed by atoms with Crippen molar-refractivity contribution >= 4 is 22.6 Å². The van der Waals surface area contributed by atoms with E-state index in [9.17, 15) is 4.79 Å². The molecule has 1 heterocycles. The second kappa shape index (κ2) is 6.70. The Balaban J connectivity index is 2.12. The standard InChI is InChI=1S/C22H15ClO3/c1-25-17-11-12-18-19(13-17)26-22(24)21(15-7-9-16(23)10-8-15)20(18)14-5-3-2-4-6-14/h2-13H,1H3. The van der Waals surface area contributed by atoms with Gasteiger partial charge in [-0.1, -0.05) is 54.1 Å². The second-order valence-electron chi connectivity index (χ2n) is 5.87. The lowest BCUT2D eigenvalue weighted by molar-refractivity contribution is 0.414. The van der Waals surface area contributed by atoms with Crippen LogP contribution in [0.3, 0.4) is 0 Å². The van der Waals surface area contributed by atoms with Crippen molar-refractivity contribution in [3.05, 3.63) is 88.2 Å². The number of ether oxygens (including phenoxy) is 1. The number of fused-ring (bicyclic) bond motifs is 1. The van der Waals surface area contributed by atoms with Gasteiger partial charge in [0.25, 0.3) is 0 Å². The van der Waals surface area contributed by atoms with E-state index in [1.807, 2.05) is 54.6 Å². The maximum absolute atomic E-state index is 12.9. The first-order valence-electron chi connectivity index (χ1n) is 8.13. The molecule has 4 rings (SSSR count). The van der Waals surface area contributed by atoms with Crippen molar-refractivity contribution in [3.63, 3.8) is 0 Å². The summed E-state index contributed by atoms with van der Waals surface area (Å²) in [5.74, 6) is 0.638. The summed E-state index contributed by atoms with van der Waals surface area (Å²) < 4.78 is 10.9. The van der Waals surface area contributed by atoms with E-state index in [1.54, 1.807) is 25.3 Å². The highest BCUT2D eigenvalue weighted by molar-refractivity contribution is 6.30. The Labute approximate surface area is 155 Å². The van der Waals surface area contributed by atoms with Gasteiger partial charge in [-0.25, -0.2) is 4.79 Å². The van der Waals surface area contributed by atoms with Crippen molar-refractivity contribution in [3.8, 4) is 28.0 Å². The molecule has 3 nitrogen and oxygen atoms in total. The predicted octanol–water partition coefficient (Wildman–Crippen LogP) is 5.79. The number of hydrogen-bond donors (Lipinski definition) is 0. The van der Waals surface area contributed by atoms with E-state index < -0.39 is 5.63 Å². The second-order valence-corrected chi connectivity index (χ2v) is 6.31. The summed E-state index contributed by atoms with van der Waals surface area (Å²) in [5.41, 5.74) is 3.16. The van der Waals surface area contributed by atoms with E-state index in [2.05, 4.69) is 0 Å². The first-order chi connectivity index (χ1) is 12.7. The Morgan fingerprint density at radius 1 is 0.846 bits per heavy atom. The molecule has 0 radical (unpaired) electrons. The van der Waals surface area contributed by atoms with Gasteiger partial charge >= 0.3 is 5.63 Å². The third kappa shape index (κ3) is 2.87. The van der Waals surface area contributed by atoms with E-state index in [1.165, 1.54) is 0 Å². The molecule has 4 heteroatoms. The largest absolute Gasteiger partial charge is 0.497 e. The summed E-state index contributed by atoms with van der Waals surface area (Å²) >= 11 is 6.01. The Hall–Kier alpha value is -3.04. The highest BCUT2D eigenvalue weighted by atomic mass is 35.5. The zero-order valence-electron chi connectivity index (χ0n) is 14.0. The van der Waals surface area contributed by atoms with Gasteiger partial charge in [-0.2, -0.15) is 0 Å². The summed E-state index contributed by atoms with van der Waals surface area (Å²) in [6, 6.07) is 22.5. The molecule has 0 atom stereocenters. The Bertz CT molecular complexity index is 1130. The van der Waals surface area contributed by atoms with Crippen LogP contribution in [0.5, 0.6) is 5.75 Å². The lowest BCUT2D eigenvalue weighted by Crippen LogP contribution is -2.06. The van der Waals surface area contributed by atoms with Gasteiger partial charge in [0, 0.05) is 22.0 Å². The van der Waals surface area contributed by atoms with Gasteiger partial charge < -0.3 is 9.15 Å². The molecular weight excluding hydrogens is 348 g/mol. The van der Waals surface area contributed by atoms with E-state index in [0.717, 1.165) is 22.1 Å². The molecule has 0 spiro atoms. The quantitative estimate of drug-likeness (QED) is 0.433. The van der Waals surface area contributed by atoms with Gasteiger partial charge in [-0.05, 0) is 35.4 Å². The van der Waals surface area contributed by atoms with Gasteiger partial charge in [0.2, 0.25) is 0 Å². The molecule has 0 unspecified atom stereocenters. The Morgan fingerprint density at radius 2 is 1.54 bits per heavy atom. The molecule has 26 heavy (non-hydrogen) atoms. The highest BCUT2D eigenvalue weighted by Gasteiger charge is 2.18. The van der Waals surface area contributed by atoms with Gasteiger partial charge in [0.15, 0.2) is 0 Å². The minimum absolute atomic E-state index is 0.396. The maximum atomic E-state index is 12.9. The van der Waals surface area contributed by atoms with Crippen molar-refractivity contribution < 1.29 is 9.15 Å². The molecule has 0 fully saturated rings. The number of hydrogen-bond acceptors (Lipinski definition) is 3. The first-order valence-corrected chi connectivity index (χ1v) is 8.51. The Kier molecular flexibility index (Phi) is 4.23. The zero-order valence-corrected chi connectivity index (χ0v) is 14.8. The van der Waals surface area contributed by atoms with Crippen LogP contribution in [0.25, 0.3) is 33.2 Å². The third-order valence-corrected chi connectivity index (χ3v) is 4.56. The fraction of sp³-hybridized carbons (Fsp3) is 0.0455. The minimum atomic E-state index is -0.396. The van der Waals surface area contributed by atoms with Crippen LogP contribution in [0, 0.1) is 0 Å². The van der Waals surface area contributed by atoms with Gasteiger partial charge in [0.05, 0.1) is 12.7 Å². The van der Waals surface area contributed by atoms with Crippen LogP contribution in [0.15, 0.2) is 82.0 Å². The number of methoxy groups -OCH3 is 1. The van der Waals surface area contributed by atoms with Crippen molar-refractivity contribution in [1.29, 1.82) is 0 Å². The van der Waals surface area contributed by atoms with Crippen molar-refractivity contribution in [2.45, 2.75) is 0 Å². The number of halogens is 1. The van der Waals surface area contributed by atoms with Gasteiger partial charge in [-0.15, -0.1) is 0 Å². The SMILES string of the molecule is COc1ccc2c(-c3ccccc3)c(-c3ccc(Cl)cc3)c(=O)oc2c1. The fourth-order valence-corrected chi connectivity index (χ4v) is 3.22. The van der Waals surface area contributed by atoms with Gasteiger partial charge in [0.1, 0.15) is 11.3 Å². The summed E-state index contributed by atoms with van der Waals surface area (Å²) in [6.45, 7) is 0. The van der Waals surface area contributed by atoms with Gasteiger partial charge in [-0.3, -0.25) is 0 Å². The molecule has 0 N–H and O–H groups in total. The van der Waals surface area contributed by atoms with Crippen LogP contribution in [-0.4, -0.2) is 7.11 Å². The topological polar surface area (TPSA) is 39.4 Å². The van der Waals surface area contributed by atoms with Crippen molar-refractivity contribution in [1.82, 2.24) is 0 Å². The van der Waals surface area contributed by atoms with E-state index >= 15 is 0 Å². The molecule has 0 aliphatic carbocycles. The van der Waals surface area contributed by atoms with Crippen LogP contribution in [-0.2, 0) is 0 Å². The van der Waals surface area contributed by atoms with Crippen molar-refractivity contribution in [2.24, 2.45) is 0 Å². The van der Waals surface area contributed by atoms with Crippen LogP contribution in [0.2, 0.25) is 5.02 Å². The maximum Gasteiger partial charge on any atom is 0.344 e. The predicted molar refractivity (Wildman–Crippen MR) is 105 cm³/mol. The van der Waals surface area contributed by atoms with Crippen LogP contribution >= 0.6 is 11.6 Å². The Morgan fingerprint density at radius 3 is 2.23 bits per heavy atom. The molecule has 0 aliphatic rings. The molecule has 3 aromatic carbocycles. The summed E-state index contributed by atoms with van der Waals surface area (Å²) in [7, 11) is 1.58. The molecular formula is C22H15ClO3. The normalized spacial score (nSPS) is 10.8. The molecule has 0 aliphatic heterocycles.